The molecule has 3 nitrogen and oxygen atoms in total. The molecule has 21 heavy (non-hydrogen) atoms. The highest BCUT2D eigenvalue weighted by molar-refractivity contribution is 5.93. The predicted octanol–water partition coefficient (Wildman–Crippen LogP) is 3.96. The number of amides is 1. The van der Waals surface area contributed by atoms with E-state index in [2.05, 4.69) is 23.5 Å². The van der Waals surface area contributed by atoms with Gasteiger partial charge in [-0.15, -0.1) is 0 Å². The van der Waals surface area contributed by atoms with Crippen molar-refractivity contribution in [2.45, 2.75) is 45.6 Å². The number of hydrogen-bond donors (Lipinski definition) is 1. The van der Waals surface area contributed by atoms with Gasteiger partial charge in [-0.3, -0.25) is 4.79 Å². The average Bonchev–Trinajstić information content (AvgIpc) is 2.93. The molecule has 1 N–H and O–H groups in total. The highest BCUT2D eigenvalue weighted by Gasteiger charge is 2.17. The Labute approximate surface area is 125 Å². The molecule has 0 aliphatic heterocycles. The molecule has 1 aromatic heterocycles. The number of carbonyl (C=O) groups is 1. The van der Waals surface area contributed by atoms with Crippen LogP contribution in [-0.4, -0.2) is 5.91 Å². The van der Waals surface area contributed by atoms with Crippen LogP contribution in [0.1, 0.15) is 58.6 Å². The second-order valence-electron chi connectivity index (χ2n) is 5.86. The first-order valence-electron chi connectivity index (χ1n) is 7.62. The van der Waals surface area contributed by atoms with E-state index in [1.165, 1.54) is 30.4 Å². The number of carbonyl (C=O) groups excluding carboxylic acids is 1. The van der Waals surface area contributed by atoms with Crippen LogP contribution >= 0.6 is 0 Å². The van der Waals surface area contributed by atoms with Gasteiger partial charge in [0.1, 0.15) is 0 Å². The number of benzene rings is 1. The molecule has 1 heterocycles. The number of nitrogens with one attached hydrogen (secondary N) is 1. The molecule has 0 fully saturated rings. The van der Waals surface area contributed by atoms with Crippen molar-refractivity contribution in [3.05, 3.63) is 58.5 Å². The molecule has 0 saturated heterocycles. The summed E-state index contributed by atoms with van der Waals surface area (Å²) < 4.78 is 5.24. The summed E-state index contributed by atoms with van der Waals surface area (Å²) in [7, 11) is 0. The second kappa shape index (κ2) is 5.76. The normalized spacial score (nSPS) is 15.3. The maximum Gasteiger partial charge on any atom is 0.287 e. The van der Waals surface area contributed by atoms with Gasteiger partial charge in [-0.05, 0) is 62.3 Å². The van der Waals surface area contributed by atoms with E-state index in [4.69, 9.17) is 4.42 Å². The highest BCUT2D eigenvalue weighted by Crippen LogP contribution is 2.25. The largest absolute Gasteiger partial charge is 0.459 e. The Bertz CT molecular complexity index is 657. The fraction of sp³-hybridized carbons (Fsp3) is 0.389. The van der Waals surface area contributed by atoms with Crippen LogP contribution in [-0.2, 0) is 12.8 Å². The number of furan rings is 1. The van der Waals surface area contributed by atoms with Crippen LogP contribution in [0.4, 0.5) is 0 Å². The Morgan fingerprint density at radius 1 is 1.19 bits per heavy atom. The molecule has 0 bridgehead atoms. The third-order valence-corrected chi connectivity index (χ3v) is 4.29. The molecule has 3 heteroatoms. The minimum absolute atomic E-state index is 0.0192. The molecule has 1 aliphatic rings. The molecule has 110 valence electrons. The Kier molecular flexibility index (Phi) is 3.82. The number of rotatable bonds is 3. The lowest BCUT2D eigenvalue weighted by Crippen LogP contribution is -2.27. The van der Waals surface area contributed by atoms with Crippen molar-refractivity contribution >= 4 is 5.91 Å². The highest BCUT2D eigenvalue weighted by atomic mass is 16.3. The minimum Gasteiger partial charge on any atom is -0.459 e. The van der Waals surface area contributed by atoms with Gasteiger partial charge >= 0.3 is 0 Å². The topological polar surface area (TPSA) is 42.2 Å². The standard InChI is InChI=1S/C18H21NO2/c1-12-9-10-21-17(12)18(20)19-13(2)15-8-7-14-5-3-4-6-16(14)11-15/h7-11,13H,3-6H2,1-2H3,(H,19,20). The number of hydrogen-bond acceptors (Lipinski definition) is 2. The van der Waals surface area contributed by atoms with Crippen LogP contribution in [0.25, 0.3) is 0 Å². The first-order valence-corrected chi connectivity index (χ1v) is 7.62. The molecule has 2 aromatic rings. The Morgan fingerprint density at radius 3 is 2.67 bits per heavy atom. The zero-order valence-corrected chi connectivity index (χ0v) is 12.6. The quantitative estimate of drug-likeness (QED) is 0.926. The first kappa shape index (κ1) is 13.9. The van der Waals surface area contributed by atoms with E-state index in [0.29, 0.717) is 5.76 Å². The first-order chi connectivity index (χ1) is 10.1. The fourth-order valence-electron chi connectivity index (χ4n) is 2.97. The number of fused-ring (bicyclic) bond motifs is 1. The third kappa shape index (κ3) is 2.87. The van der Waals surface area contributed by atoms with Gasteiger partial charge in [-0.25, -0.2) is 0 Å². The van der Waals surface area contributed by atoms with Crippen molar-refractivity contribution in [2.75, 3.05) is 0 Å². The van der Waals surface area contributed by atoms with Crippen LogP contribution in [0.3, 0.4) is 0 Å². The number of aryl methyl sites for hydroxylation is 3. The summed E-state index contributed by atoms with van der Waals surface area (Å²) in [5.41, 5.74) is 4.93. The van der Waals surface area contributed by atoms with E-state index < -0.39 is 0 Å². The lowest BCUT2D eigenvalue weighted by atomic mass is 9.89. The van der Waals surface area contributed by atoms with Crippen molar-refractivity contribution in [1.82, 2.24) is 5.32 Å². The van der Waals surface area contributed by atoms with Crippen LogP contribution in [0, 0.1) is 6.92 Å². The molecule has 1 amide bonds. The van der Waals surface area contributed by atoms with Crippen molar-refractivity contribution < 1.29 is 9.21 Å². The Morgan fingerprint density at radius 2 is 1.95 bits per heavy atom. The van der Waals surface area contributed by atoms with Gasteiger partial charge in [0.15, 0.2) is 5.76 Å². The molecule has 1 aromatic carbocycles. The van der Waals surface area contributed by atoms with Crippen LogP contribution in [0.15, 0.2) is 34.9 Å². The van der Waals surface area contributed by atoms with Gasteiger partial charge < -0.3 is 9.73 Å². The van der Waals surface area contributed by atoms with Gasteiger partial charge in [0.05, 0.1) is 12.3 Å². The fourth-order valence-corrected chi connectivity index (χ4v) is 2.97. The minimum atomic E-state index is -0.150. The lowest BCUT2D eigenvalue weighted by Gasteiger charge is -2.19. The molecule has 0 saturated carbocycles. The Hall–Kier alpha value is -2.03. The molecule has 0 radical (unpaired) electrons. The summed E-state index contributed by atoms with van der Waals surface area (Å²) in [5, 5.41) is 3.01. The summed E-state index contributed by atoms with van der Waals surface area (Å²) in [6, 6.07) is 8.37. The van der Waals surface area contributed by atoms with E-state index in [9.17, 15) is 4.79 Å². The SMILES string of the molecule is Cc1ccoc1C(=O)NC(C)c1ccc2c(c1)CCCC2. The molecular weight excluding hydrogens is 262 g/mol. The van der Waals surface area contributed by atoms with Crippen LogP contribution in [0.5, 0.6) is 0 Å². The summed E-state index contributed by atoms with van der Waals surface area (Å²) >= 11 is 0. The second-order valence-corrected chi connectivity index (χ2v) is 5.86. The lowest BCUT2D eigenvalue weighted by molar-refractivity contribution is 0.0911. The summed E-state index contributed by atoms with van der Waals surface area (Å²) in [6.07, 6.45) is 6.44. The van der Waals surface area contributed by atoms with E-state index in [-0.39, 0.29) is 11.9 Å². The molecule has 1 atom stereocenters. The van der Waals surface area contributed by atoms with Gasteiger partial charge in [0.2, 0.25) is 0 Å². The zero-order chi connectivity index (χ0) is 14.8. The molecule has 3 rings (SSSR count). The van der Waals surface area contributed by atoms with Crippen LogP contribution < -0.4 is 5.32 Å². The summed E-state index contributed by atoms with van der Waals surface area (Å²) in [5.74, 6) is 0.252. The molecule has 0 spiro atoms. The predicted molar refractivity (Wildman–Crippen MR) is 82.4 cm³/mol. The van der Waals surface area contributed by atoms with Crippen molar-refractivity contribution in [2.24, 2.45) is 0 Å². The average molecular weight is 283 g/mol. The van der Waals surface area contributed by atoms with Gasteiger partial charge in [0.25, 0.3) is 5.91 Å². The summed E-state index contributed by atoms with van der Waals surface area (Å²) in [6.45, 7) is 3.89. The monoisotopic (exact) mass is 283 g/mol. The van der Waals surface area contributed by atoms with Gasteiger partial charge in [0, 0.05) is 5.56 Å². The van der Waals surface area contributed by atoms with E-state index in [1.807, 2.05) is 13.8 Å². The Balaban J connectivity index is 1.75. The summed E-state index contributed by atoms with van der Waals surface area (Å²) in [4.78, 5) is 12.2. The van der Waals surface area contributed by atoms with Crippen molar-refractivity contribution in [3.8, 4) is 0 Å². The third-order valence-electron chi connectivity index (χ3n) is 4.29. The van der Waals surface area contributed by atoms with Crippen LogP contribution in [0.2, 0.25) is 0 Å². The maximum absolute atomic E-state index is 12.2. The molecule has 1 aliphatic carbocycles. The maximum atomic E-state index is 12.2. The van der Waals surface area contributed by atoms with Gasteiger partial charge in [-0.2, -0.15) is 0 Å². The van der Waals surface area contributed by atoms with Crippen molar-refractivity contribution in [1.29, 1.82) is 0 Å². The van der Waals surface area contributed by atoms with E-state index in [0.717, 1.165) is 17.5 Å². The molecule has 1 unspecified atom stereocenters. The van der Waals surface area contributed by atoms with Gasteiger partial charge in [-0.1, -0.05) is 18.2 Å². The van der Waals surface area contributed by atoms with E-state index in [1.54, 1.807) is 12.3 Å². The molecular formula is C18H21NO2. The van der Waals surface area contributed by atoms with E-state index >= 15 is 0 Å². The smallest absolute Gasteiger partial charge is 0.287 e. The van der Waals surface area contributed by atoms with Crippen molar-refractivity contribution in [3.63, 3.8) is 0 Å². The zero-order valence-electron chi connectivity index (χ0n) is 12.6.